The summed E-state index contributed by atoms with van der Waals surface area (Å²) in [5.41, 5.74) is -1.40. The molecule has 0 aliphatic carbocycles. The maximum atomic E-state index is 13.9. The van der Waals surface area contributed by atoms with E-state index in [9.17, 15) is 29.9 Å². The maximum Gasteiger partial charge on any atom is 0.312 e. The standard InChI is InChI=1S/C36H43N3O6/c1-24-35(4,32(40)41)31(28-16-11-17-29(22-28)39(44)45)36(33(42)43,25(2)37-24)34(3)19-21-38(23-34)20-18-30(26-12-7-5-8-13-26)27-14-9-6-10-15-27/h5-17,22,24-25,30-31,37H,18-21,23H2,1-4H3,(H,40,41)(H,42,43)/t24?,25-,31?,34?,35?,36?/m0/s1. The third-order valence-electron chi connectivity index (χ3n) is 11.1. The highest BCUT2D eigenvalue weighted by atomic mass is 16.6. The van der Waals surface area contributed by atoms with Crippen molar-refractivity contribution in [1.82, 2.24) is 10.2 Å². The molecular formula is C36H43N3O6. The third-order valence-corrected chi connectivity index (χ3v) is 11.1. The minimum atomic E-state index is -1.59. The van der Waals surface area contributed by atoms with Gasteiger partial charge in [-0.15, -0.1) is 0 Å². The zero-order chi connectivity index (χ0) is 32.6. The molecule has 0 radical (unpaired) electrons. The zero-order valence-electron chi connectivity index (χ0n) is 26.3. The second kappa shape index (κ2) is 12.4. The molecule has 0 saturated carbocycles. The summed E-state index contributed by atoms with van der Waals surface area (Å²) < 4.78 is 0. The number of nitro groups is 1. The summed E-state index contributed by atoms with van der Waals surface area (Å²) >= 11 is 0. The van der Waals surface area contributed by atoms with Crippen LogP contribution in [-0.2, 0) is 9.59 Å². The number of carboxylic acid groups (broad SMARTS) is 2. The monoisotopic (exact) mass is 613 g/mol. The van der Waals surface area contributed by atoms with Gasteiger partial charge in [0.25, 0.3) is 5.69 Å². The Kier molecular flexibility index (Phi) is 8.88. The van der Waals surface area contributed by atoms with Gasteiger partial charge in [0, 0.05) is 42.6 Å². The van der Waals surface area contributed by atoms with E-state index in [2.05, 4.69) is 34.5 Å². The molecule has 2 aliphatic heterocycles. The number of rotatable bonds is 10. The smallest absolute Gasteiger partial charge is 0.312 e. The molecule has 5 rings (SSSR count). The normalized spacial score (nSPS) is 30.3. The average Bonchev–Trinajstić information content (AvgIpc) is 3.41. The third kappa shape index (κ3) is 5.42. The predicted octanol–water partition coefficient (Wildman–Crippen LogP) is 6.15. The van der Waals surface area contributed by atoms with Crippen LogP contribution in [0.25, 0.3) is 0 Å². The number of aliphatic carboxylic acids is 2. The van der Waals surface area contributed by atoms with Crippen molar-refractivity contribution in [2.45, 2.75) is 64.5 Å². The van der Waals surface area contributed by atoms with E-state index in [0.717, 1.165) is 13.0 Å². The number of hydrogen-bond donors (Lipinski definition) is 3. The van der Waals surface area contributed by atoms with Crippen LogP contribution in [0.2, 0.25) is 0 Å². The molecule has 45 heavy (non-hydrogen) atoms. The van der Waals surface area contributed by atoms with Gasteiger partial charge >= 0.3 is 11.9 Å². The lowest BCUT2D eigenvalue weighted by atomic mass is 9.44. The fourth-order valence-corrected chi connectivity index (χ4v) is 8.62. The first-order valence-corrected chi connectivity index (χ1v) is 15.7. The van der Waals surface area contributed by atoms with Crippen LogP contribution in [0.1, 0.15) is 69.1 Å². The van der Waals surface area contributed by atoms with E-state index in [1.807, 2.05) is 50.2 Å². The Balaban J connectivity index is 1.55. The summed E-state index contributed by atoms with van der Waals surface area (Å²) in [7, 11) is 0. The summed E-state index contributed by atoms with van der Waals surface area (Å²) in [5.74, 6) is -3.10. The lowest BCUT2D eigenvalue weighted by Gasteiger charge is -2.61. The Labute approximate surface area is 264 Å². The van der Waals surface area contributed by atoms with Crippen LogP contribution in [0.5, 0.6) is 0 Å². The molecule has 9 heteroatoms. The summed E-state index contributed by atoms with van der Waals surface area (Å²) in [6.45, 7) is 8.99. The van der Waals surface area contributed by atoms with Gasteiger partial charge in [-0.25, -0.2) is 0 Å². The van der Waals surface area contributed by atoms with Gasteiger partial charge in [0.2, 0.25) is 0 Å². The van der Waals surface area contributed by atoms with Crippen molar-refractivity contribution in [3.05, 3.63) is 112 Å². The molecule has 2 fully saturated rings. The van der Waals surface area contributed by atoms with Crippen LogP contribution < -0.4 is 5.32 Å². The molecule has 0 aromatic heterocycles. The van der Waals surface area contributed by atoms with Crippen LogP contribution in [0.4, 0.5) is 5.69 Å². The molecule has 2 aliphatic rings. The second-order valence-electron chi connectivity index (χ2n) is 13.4. The predicted molar refractivity (Wildman–Crippen MR) is 172 cm³/mol. The molecule has 5 unspecified atom stereocenters. The number of carboxylic acids is 2. The van der Waals surface area contributed by atoms with Gasteiger partial charge in [-0.3, -0.25) is 19.7 Å². The van der Waals surface area contributed by atoms with Crippen molar-refractivity contribution in [2.75, 3.05) is 19.6 Å². The number of nitro benzene ring substituents is 1. The molecule has 2 heterocycles. The molecule has 3 N–H and O–H groups in total. The quantitative estimate of drug-likeness (QED) is 0.183. The number of likely N-dealkylation sites (tertiary alicyclic amines) is 1. The zero-order valence-corrected chi connectivity index (χ0v) is 26.3. The number of hydrogen-bond acceptors (Lipinski definition) is 6. The van der Waals surface area contributed by atoms with E-state index >= 15 is 0 Å². The van der Waals surface area contributed by atoms with Crippen LogP contribution in [-0.4, -0.2) is 63.7 Å². The van der Waals surface area contributed by atoms with Gasteiger partial charge in [-0.2, -0.15) is 0 Å². The summed E-state index contributed by atoms with van der Waals surface area (Å²) in [6, 6.07) is 25.4. The van der Waals surface area contributed by atoms with Gasteiger partial charge in [0.05, 0.1) is 15.8 Å². The van der Waals surface area contributed by atoms with Gasteiger partial charge in [0.15, 0.2) is 0 Å². The van der Waals surface area contributed by atoms with Crippen LogP contribution in [0.3, 0.4) is 0 Å². The Hall–Kier alpha value is -4.08. The molecule has 0 bridgehead atoms. The first kappa shape index (κ1) is 32.3. The highest BCUT2D eigenvalue weighted by Gasteiger charge is 2.71. The van der Waals surface area contributed by atoms with Crippen molar-refractivity contribution < 1.29 is 24.7 Å². The number of nitrogens with zero attached hydrogens (tertiary/aromatic N) is 2. The molecule has 0 spiro atoms. The fraction of sp³-hybridized carbons (Fsp3) is 0.444. The molecule has 6 atom stereocenters. The van der Waals surface area contributed by atoms with Gasteiger partial charge in [-0.1, -0.05) is 79.7 Å². The van der Waals surface area contributed by atoms with E-state index in [1.54, 1.807) is 19.9 Å². The minimum absolute atomic E-state index is 0.164. The van der Waals surface area contributed by atoms with Crippen LogP contribution in [0.15, 0.2) is 84.9 Å². The molecule has 3 aromatic rings. The number of benzene rings is 3. The Bertz CT molecular complexity index is 1510. The molecular weight excluding hydrogens is 570 g/mol. The lowest BCUT2D eigenvalue weighted by Crippen LogP contribution is -2.73. The topological polar surface area (TPSA) is 133 Å². The van der Waals surface area contributed by atoms with E-state index in [1.165, 1.54) is 29.3 Å². The van der Waals surface area contributed by atoms with Crippen molar-refractivity contribution >= 4 is 17.6 Å². The minimum Gasteiger partial charge on any atom is -0.481 e. The molecule has 2 saturated heterocycles. The highest BCUT2D eigenvalue weighted by molar-refractivity contribution is 5.85. The van der Waals surface area contributed by atoms with Gasteiger partial charge in [-0.05, 0) is 68.8 Å². The van der Waals surface area contributed by atoms with Crippen molar-refractivity contribution in [1.29, 1.82) is 0 Å². The maximum absolute atomic E-state index is 13.9. The van der Waals surface area contributed by atoms with Crippen molar-refractivity contribution in [3.8, 4) is 0 Å². The Morgan fingerprint density at radius 1 is 0.933 bits per heavy atom. The Morgan fingerprint density at radius 2 is 1.53 bits per heavy atom. The average molecular weight is 614 g/mol. The number of non-ortho nitro benzene ring substituents is 1. The van der Waals surface area contributed by atoms with E-state index < -0.39 is 51.1 Å². The summed E-state index contributed by atoms with van der Waals surface area (Å²) in [6.07, 6.45) is 1.37. The molecule has 3 aromatic carbocycles. The van der Waals surface area contributed by atoms with Crippen molar-refractivity contribution in [2.24, 2.45) is 16.2 Å². The summed E-state index contributed by atoms with van der Waals surface area (Å²) in [5, 5.41) is 37.2. The van der Waals surface area contributed by atoms with E-state index in [4.69, 9.17) is 0 Å². The number of nitrogens with one attached hydrogen (secondary N) is 1. The highest BCUT2D eigenvalue weighted by Crippen LogP contribution is 2.64. The first-order chi connectivity index (χ1) is 21.4. The Morgan fingerprint density at radius 3 is 2.07 bits per heavy atom. The SMILES string of the molecule is CC1N[C@@H](C)C(C(=O)O)(C2(C)CCN(CCC(c3ccccc3)c3ccccc3)C2)C(c2cccc([N+](=O)[O-])c2)C1(C)C(=O)O. The number of carbonyl (C=O) groups is 2. The van der Waals surface area contributed by atoms with E-state index in [-0.39, 0.29) is 11.6 Å². The van der Waals surface area contributed by atoms with Gasteiger partial charge in [0.1, 0.15) is 0 Å². The van der Waals surface area contributed by atoms with Crippen LogP contribution in [0, 0.1) is 26.4 Å². The molecule has 9 nitrogen and oxygen atoms in total. The largest absolute Gasteiger partial charge is 0.481 e. The summed E-state index contributed by atoms with van der Waals surface area (Å²) in [4.78, 5) is 40.6. The lowest BCUT2D eigenvalue weighted by molar-refractivity contribution is -0.385. The van der Waals surface area contributed by atoms with Crippen molar-refractivity contribution in [3.63, 3.8) is 0 Å². The fourth-order valence-electron chi connectivity index (χ4n) is 8.62. The van der Waals surface area contributed by atoms with E-state index in [0.29, 0.717) is 25.1 Å². The molecule has 0 amide bonds. The second-order valence-corrected chi connectivity index (χ2v) is 13.4. The molecule has 238 valence electrons. The van der Waals surface area contributed by atoms with Gasteiger partial charge < -0.3 is 20.4 Å². The van der Waals surface area contributed by atoms with Crippen LogP contribution >= 0.6 is 0 Å². The first-order valence-electron chi connectivity index (χ1n) is 15.7. The number of piperidine rings is 1.